The summed E-state index contributed by atoms with van der Waals surface area (Å²) in [7, 11) is 0. The predicted octanol–water partition coefficient (Wildman–Crippen LogP) is 4.88. The first-order chi connectivity index (χ1) is 13.4. The summed E-state index contributed by atoms with van der Waals surface area (Å²) < 4.78 is 29.4. The van der Waals surface area contributed by atoms with Gasteiger partial charge in [-0.15, -0.1) is 0 Å². The average Bonchev–Trinajstić information content (AvgIpc) is 2.64. The maximum Gasteiger partial charge on any atom is 0.255 e. The van der Waals surface area contributed by atoms with Crippen LogP contribution < -0.4 is 10.3 Å². The highest BCUT2D eigenvalue weighted by Crippen LogP contribution is 2.32. The molecule has 0 aliphatic heterocycles. The van der Waals surface area contributed by atoms with Gasteiger partial charge in [-0.3, -0.25) is 9.36 Å². The Morgan fingerprint density at radius 2 is 1.68 bits per heavy atom. The first-order valence-corrected chi connectivity index (χ1v) is 8.82. The van der Waals surface area contributed by atoms with Gasteiger partial charge in [0, 0.05) is 18.2 Å². The molecule has 0 bridgehead atoms. The Kier molecular flexibility index (Phi) is 4.53. The van der Waals surface area contributed by atoms with Gasteiger partial charge in [-0.25, -0.2) is 8.78 Å². The van der Waals surface area contributed by atoms with Gasteiger partial charge in [0.15, 0.2) is 6.20 Å². The number of para-hydroxylation sites is 1. The number of aromatic nitrogens is 2. The second-order valence-corrected chi connectivity index (χ2v) is 6.80. The molecule has 0 N–H and O–H groups in total. The third-order valence-electron chi connectivity index (χ3n) is 4.32. The second kappa shape index (κ2) is 6.89. The van der Waals surface area contributed by atoms with Crippen molar-refractivity contribution in [2.75, 3.05) is 0 Å². The van der Waals surface area contributed by atoms with Crippen LogP contribution in [0, 0.1) is 16.8 Å². The van der Waals surface area contributed by atoms with Crippen LogP contribution in [0.4, 0.5) is 8.78 Å². The molecule has 0 amide bonds. The van der Waals surface area contributed by atoms with Gasteiger partial charge in [-0.1, -0.05) is 29.3 Å². The summed E-state index contributed by atoms with van der Waals surface area (Å²) in [4.78, 5) is 12.6. The van der Waals surface area contributed by atoms with Gasteiger partial charge in [0.05, 0.1) is 32.2 Å². The van der Waals surface area contributed by atoms with E-state index in [0.717, 1.165) is 12.3 Å². The molecule has 2 heterocycles. The van der Waals surface area contributed by atoms with Crippen molar-refractivity contribution in [2.24, 2.45) is 0 Å². The lowest BCUT2D eigenvalue weighted by atomic mass is 10.1. The normalized spacial score (nSPS) is 11.1. The first-order valence-electron chi connectivity index (χ1n) is 8.06. The number of rotatable bonds is 2. The number of halogens is 4. The molecule has 0 radical (unpaired) electrons. The fourth-order valence-corrected chi connectivity index (χ4v) is 3.69. The van der Waals surface area contributed by atoms with Gasteiger partial charge in [-0.2, -0.15) is 4.73 Å². The predicted molar refractivity (Wildman–Crippen MR) is 104 cm³/mol. The summed E-state index contributed by atoms with van der Waals surface area (Å²) in [6.45, 7) is 0. The topological polar surface area (TPSA) is 48.9 Å². The maximum absolute atomic E-state index is 14.4. The molecule has 0 atom stereocenters. The van der Waals surface area contributed by atoms with E-state index in [4.69, 9.17) is 23.2 Å². The highest BCUT2D eigenvalue weighted by atomic mass is 35.5. The monoisotopic (exact) mass is 418 g/mol. The Morgan fingerprint density at radius 1 is 0.964 bits per heavy atom. The minimum atomic E-state index is -0.898. The van der Waals surface area contributed by atoms with E-state index in [1.165, 1.54) is 28.8 Å². The lowest BCUT2D eigenvalue weighted by Gasteiger charge is -2.15. The molecule has 0 aliphatic carbocycles. The summed E-state index contributed by atoms with van der Waals surface area (Å²) in [6.07, 6.45) is 1.14. The van der Waals surface area contributed by atoms with E-state index in [9.17, 15) is 18.8 Å². The van der Waals surface area contributed by atoms with E-state index in [1.807, 2.05) is 0 Å². The van der Waals surface area contributed by atoms with Crippen LogP contribution in [0.2, 0.25) is 10.0 Å². The maximum atomic E-state index is 14.4. The van der Waals surface area contributed by atoms with Crippen molar-refractivity contribution in [3.05, 3.63) is 98.0 Å². The smallest absolute Gasteiger partial charge is 0.255 e. The molecule has 0 saturated heterocycles. The first kappa shape index (κ1) is 18.4. The lowest BCUT2D eigenvalue weighted by molar-refractivity contribution is -0.592. The quantitative estimate of drug-likeness (QED) is 0.344. The number of hydrogen-bond acceptors (Lipinski definition) is 2. The van der Waals surface area contributed by atoms with E-state index >= 15 is 0 Å². The fourth-order valence-electron chi connectivity index (χ4n) is 3.13. The van der Waals surface area contributed by atoms with Crippen molar-refractivity contribution in [3.63, 3.8) is 0 Å². The summed E-state index contributed by atoms with van der Waals surface area (Å²) >= 11 is 12.5. The molecule has 2 aromatic heterocycles. The van der Waals surface area contributed by atoms with E-state index in [2.05, 4.69) is 0 Å². The van der Waals surface area contributed by atoms with Crippen LogP contribution in [-0.4, -0.2) is 4.57 Å². The van der Waals surface area contributed by atoms with Crippen LogP contribution in [0.25, 0.3) is 27.8 Å². The van der Waals surface area contributed by atoms with Gasteiger partial charge in [0.2, 0.25) is 5.69 Å². The zero-order chi connectivity index (χ0) is 20.0. The van der Waals surface area contributed by atoms with Gasteiger partial charge < -0.3 is 5.21 Å². The zero-order valence-corrected chi connectivity index (χ0v) is 15.5. The molecule has 0 spiro atoms. The van der Waals surface area contributed by atoms with Crippen molar-refractivity contribution in [1.82, 2.24) is 4.57 Å². The molecular weight excluding hydrogens is 409 g/mol. The summed E-state index contributed by atoms with van der Waals surface area (Å²) in [5.41, 5.74) is -0.0509. The number of benzene rings is 2. The highest BCUT2D eigenvalue weighted by molar-refractivity contribution is 6.37. The average molecular weight is 419 g/mol. The van der Waals surface area contributed by atoms with Crippen molar-refractivity contribution < 1.29 is 13.5 Å². The standard InChI is InChI=1S/C20H10Cl2F2N2O2/c21-14-2-1-3-15(22)20(14)26-17-8-9-25(28)19(13(17)6-7-18(26)27)12-5-4-11(23)10-16(12)24/h1-10H. The molecule has 8 heteroatoms. The number of pyridine rings is 2. The van der Waals surface area contributed by atoms with E-state index in [0.29, 0.717) is 16.3 Å². The van der Waals surface area contributed by atoms with Gasteiger partial charge in [0.25, 0.3) is 5.56 Å². The van der Waals surface area contributed by atoms with Crippen LogP contribution in [0.3, 0.4) is 0 Å². The minimum Gasteiger partial charge on any atom is -0.618 e. The molecule has 4 aromatic rings. The van der Waals surface area contributed by atoms with Crippen LogP contribution in [-0.2, 0) is 0 Å². The fraction of sp³-hybridized carbons (Fsp3) is 0. The van der Waals surface area contributed by atoms with Crippen molar-refractivity contribution in [1.29, 1.82) is 0 Å². The summed E-state index contributed by atoms with van der Waals surface area (Å²) in [6, 6.07) is 11.7. The van der Waals surface area contributed by atoms with Gasteiger partial charge in [0.1, 0.15) is 11.6 Å². The number of fused-ring (bicyclic) bond motifs is 1. The Hall–Kier alpha value is -2.96. The second-order valence-electron chi connectivity index (χ2n) is 5.99. The molecule has 0 saturated carbocycles. The van der Waals surface area contributed by atoms with Crippen LogP contribution in [0.15, 0.2) is 65.6 Å². The van der Waals surface area contributed by atoms with Crippen LogP contribution in [0.5, 0.6) is 0 Å². The van der Waals surface area contributed by atoms with E-state index < -0.39 is 17.2 Å². The Morgan fingerprint density at radius 3 is 2.36 bits per heavy atom. The third kappa shape index (κ3) is 2.91. The van der Waals surface area contributed by atoms with Crippen LogP contribution >= 0.6 is 23.2 Å². The Labute approximate surface area is 167 Å². The Bertz CT molecular complexity index is 1290. The Balaban J connectivity index is 2.14. The lowest BCUT2D eigenvalue weighted by Crippen LogP contribution is -2.30. The molecule has 4 nitrogen and oxygen atoms in total. The van der Waals surface area contributed by atoms with Gasteiger partial charge >= 0.3 is 0 Å². The largest absolute Gasteiger partial charge is 0.618 e. The molecular formula is C20H10Cl2F2N2O2. The summed E-state index contributed by atoms with van der Waals surface area (Å²) in [5, 5.41) is 13.2. The molecule has 2 aromatic carbocycles. The molecule has 28 heavy (non-hydrogen) atoms. The highest BCUT2D eigenvalue weighted by Gasteiger charge is 2.22. The van der Waals surface area contributed by atoms with Crippen LogP contribution in [0.1, 0.15) is 0 Å². The third-order valence-corrected chi connectivity index (χ3v) is 4.93. The van der Waals surface area contributed by atoms with E-state index in [-0.39, 0.29) is 32.4 Å². The van der Waals surface area contributed by atoms with Crippen molar-refractivity contribution in [3.8, 4) is 16.9 Å². The number of hydrogen-bond donors (Lipinski definition) is 0. The molecule has 0 aliphatic rings. The molecule has 4 rings (SSSR count). The minimum absolute atomic E-state index is 0.0630. The van der Waals surface area contributed by atoms with E-state index in [1.54, 1.807) is 18.2 Å². The molecule has 140 valence electrons. The molecule has 0 unspecified atom stereocenters. The number of nitrogens with zero attached hydrogens (tertiary/aromatic N) is 2. The molecule has 0 fully saturated rings. The van der Waals surface area contributed by atoms with Gasteiger partial charge in [-0.05, 0) is 30.3 Å². The SMILES string of the molecule is O=c1ccc2c(-c3ccc(F)cc3F)[n+]([O-])ccc2n1-c1c(Cl)cccc1Cl. The van der Waals surface area contributed by atoms with Crippen molar-refractivity contribution >= 4 is 34.1 Å². The summed E-state index contributed by atoms with van der Waals surface area (Å²) in [5.74, 6) is -1.66. The van der Waals surface area contributed by atoms with Crippen molar-refractivity contribution in [2.45, 2.75) is 0 Å². The zero-order valence-electron chi connectivity index (χ0n) is 14.0.